The van der Waals surface area contributed by atoms with Crippen LogP contribution in [0.15, 0.2) is 77.8 Å². The van der Waals surface area contributed by atoms with Crippen LogP contribution in [0.4, 0.5) is 5.69 Å². The molecule has 0 unspecified atom stereocenters. The number of anilines is 1. The van der Waals surface area contributed by atoms with Gasteiger partial charge in [0.05, 0.1) is 14.2 Å². The first-order valence-corrected chi connectivity index (χ1v) is 10.5. The molecule has 0 aromatic heterocycles. The number of methoxy groups -OCH3 is 2. The van der Waals surface area contributed by atoms with E-state index in [0.717, 1.165) is 44.1 Å². The zero-order chi connectivity index (χ0) is 21.3. The van der Waals surface area contributed by atoms with Crippen molar-refractivity contribution in [3.05, 3.63) is 94.5 Å². The predicted octanol–water partition coefficient (Wildman–Crippen LogP) is 6.39. The molecule has 0 aliphatic carbocycles. The zero-order valence-corrected chi connectivity index (χ0v) is 18.9. The largest absolute Gasteiger partial charge is 0.497 e. The topological polar surface area (TPSA) is 39.7 Å². The van der Waals surface area contributed by atoms with Crippen molar-refractivity contribution in [2.45, 2.75) is 19.6 Å². The highest BCUT2D eigenvalue weighted by Gasteiger charge is 2.13. The Morgan fingerprint density at radius 3 is 2.30 bits per heavy atom. The molecular weight excluding hydrogens is 442 g/mol. The molecule has 0 saturated carbocycles. The summed E-state index contributed by atoms with van der Waals surface area (Å²) in [5.41, 5.74) is 4.27. The highest BCUT2D eigenvalue weighted by molar-refractivity contribution is 9.10. The van der Waals surface area contributed by atoms with Crippen LogP contribution >= 0.6 is 15.9 Å². The van der Waals surface area contributed by atoms with Gasteiger partial charge in [0.1, 0.15) is 12.4 Å². The van der Waals surface area contributed by atoms with Crippen LogP contribution in [0.5, 0.6) is 17.2 Å². The Kier molecular flexibility index (Phi) is 7.80. The van der Waals surface area contributed by atoms with Gasteiger partial charge in [0.2, 0.25) is 0 Å². The van der Waals surface area contributed by atoms with Crippen LogP contribution in [0.1, 0.15) is 16.7 Å². The van der Waals surface area contributed by atoms with E-state index < -0.39 is 0 Å². The van der Waals surface area contributed by atoms with Gasteiger partial charge in [-0.2, -0.15) is 0 Å². The third-order valence-corrected chi connectivity index (χ3v) is 5.19. The molecule has 4 nitrogen and oxygen atoms in total. The summed E-state index contributed by atoms with van der Waals surface area (Å²) in [5.74, 6) is 2.31. The van der Waals surface area contributed by atoms with Crippen LogP contribution in [-0.2, 0) is 19.6 Å². The van der Waals surface area contributed by atoms with Crippen molar-refractivity contribution in [3.8, 4) is 17.2 Å². The Morgan fingerprint density at radius 1 is 0.933 bits per heavy atom. The number of hydrogen-bond acceptors (Lipinski definition) is 4. The fourth-order valence-electron chi connectivity index (χ4n) is 3.10. The molecular formula is C25H26BrNO3. The van der Waals surface area contributed by atoms with E-state index in [4.69, 9.17) is 14.2 Å². The van der Waals surface area contributed by atoms with E-state index >= 15 is 0 Å². The lowest BCUT2D eigenvalue weighted by molar-refractivity contribution is 0.281. The molecule has 0 fully saturated rings. The molecule has 3 rings (SSSR count). The fourth-order valence-corrected chi connectivity index (χ4v) is 3.36. The van der Waals surface area contributed by atoms with E-state index in [1.54, 1.807) is 14.2 Å². The van der Waals surface area contributed by atoms with E-state index in [-0.39, 0.29) is 0 Å². The maximum Gasteiger partial charge on any atom is 0.165 e. The standard InChI is InChI=1S/C25H26BrNO3/c1-4-5-20-14-19(16-27-22-10-12-23(28-2)13-11-22)15-24(29-3)25(20)30-17-18-6-8-21(26)9-7-18/h4,6-15,27H,1,5,16-17H2,2-3H3. The Labute approximate surface area is 186 Å². The fraction of sp³-hybridized carbons (Fsp3) is 0.200. The summed E-state index contributed by atoms with van der Waals surface area (Å²) in [4.78, 5) is 0. The number of nitrogens with one attached hydrogen (secondary N) is 1. The number of rotatable bonds is 10. The van der Waals surface area contributed by atoms with Gasteiger partial charge in [-0.15, -0.1) is 6.58 Å². The lowest BCUT2D eigenvalue weighted by Crippen LogP contribution is -2.05. The van der Waals surface area contributed by atoms with Crippen LogP contribution in [0.2, 0.25) is 0 Å². The first kappa shape index (κ1) is 21.8. The van der Waals surface area contributed by atoms with Gasteiger partial charge in [0.15, 0.2) is 11.5 Å². The number of ether oxygens (including phenoxy) is 3. The Hall–Kier alpha value is -2.92. The lowest BCUT2D eigenvalue weighted by Gasteiger charge is -2.17. The van der Waals surface area contributed by atoms with E-state index in [0.29, 0.717) is 19.6 Å². The van der Waals surface area contributed by atoms with Crippen LogP contribution in [-0.4, -0.2) is 14.2 Å². The normalized spacial score (nSPS) is 10.4. The van der Waals surface area contributed by atoms with Crippen LogP contribution in [0, 0.1) is 0 Å². The summed E-state index contributed by atoms with van der Waals surface area (Å²) >= 11 is 3.46. The maximum atomic E-state index is 6.16. The molecule has 0 aliphatic heterocycles. The molecule has 0 radical (unpaired) electrons. The van der Waals surface area contributed by atoms with E-state index in [1.807, 2.05) is 60.7 Å². The van der Waals surface area contributed by atoms with Gasteiger partial charge in [-0.25, -0.2) is 0 Å². The van der Waals surface area contributed by atoms with Crippen molar-refractivity contribution in [2.24, 2.45) is 0 Å². The smallest absolute Gasteiger partial charge is 0.165 e. The molecule has 0 amide bonds. The van der Waals surface area contributed by atoms with Gasteiger partial charge in [0.25, 0.3) is 0 Å². The minimum Gasteiger partial charge on any atom is -0.497 e. The van der Waals surface area contributed by atoms with Crippen molar-refractivity contribution in [3.63, 3.8) is 0 Å². The minimum absolute atomic E-state index is 0.469. The van der Waals surface area contributed by atoms with Crippen molar-refractivity contribution < 1.29 is 14.2 Å². The second-order valence-electron chi connectivity index (χ2n) is 6.78. The van der Waals surface area contributed by atoms with Crippen molar-refractivity contribution in [1.29, 1.82) is 0 Å². The zero-order valence-electron chi connectivity index (χ0n) is 17.3. The predicted molar refractivity (Wildman–Crippen MR) is 126 cm³/mol. The first-order valence-electron chi connectivity index (χ1n) is 9.68. The van der Waals surface area contributed by atoms with Crippen molar-refractivity contribution in [1.82, 2.24) is 0 Å². The van der Waals surface area contributed by atoms with Gasteiger partial charge >= 0.3 is 0 Å². The molecule has 0 saturated heterocycles. The monoisotopic (exact) mass is 467 g/mol. The SMILES string of the molecule is C=CCc1cc(CNc2ccc(OC)cc2)cc(OC)c1OCc1ccc(Br)cc1. The van der Waals surface area contributed by atoms with Crippen LogP contribution in [0.25, 0.3) is 0 Å². The second-order valence-corrected chi connectivity index (χ2v) is 7.69. The molecule has 0 spiro atoms. The van der Waals surface area contributed by atoms with Crippen LogP contribution in [0.3, 0.4) is 0 Å². The van der Waals surface area contributed by atoms with Gasteiger partial charge < -0.3 is 19.5 Å². The molecule has 5 heteroatoms. The van der Waals surface area contributed by atoms with E-state index in [2.05, 4.69) is 33.9 Å². The number of halogens is 1. The average Bonchev–Trinajstić information content (AvgIpc) is 2.78. The summed E-state index contributed by atoms with van der Waals surface area (Å²) in [6.45, 7) is 5.03. The van der Waals surface area contributed by atoms with Gasteiger partial charge in [-0.3, -0.25) is 0 Å². The molecule has 30 heavy (non-hydrogen) atoms. The van der Waals surface area contributed by atoms with Crippen LogP contribution < -0.4 is 19.5 Å². The number of allylic oxidation sites excluding steroid dienone is 1. The lowest BCUT2D eigenvalue weighted by atomic mass is 10.1. The Bertz CT molecular complexity index is 969. The quantitative estimate of drug-likeness (QED) is 0.350. The third kappa shape index (κ3) is 5.80. The van der Waals surface area contributed by atoms with E-state index in [9.17, 15) is 0 Å². The van der Waals surface area contributed by atoms with Crippen molar-refractivity contribution >= 4 is 21.6 Å². The molecule has 3 aromatic carbocycles. The average molecular weight is 468 g/mol. The van der Waals surface area contributed by atoms with Gasteiger partial charge in [-0.05, 0) is 66.1 Å². The molecule has 0 bridgehead atoms. The number of hydrogen-bond donors (Lipinski definition) is 1. The summed E-state index contributed by atoms with van der Waals surface area (Å²) in [7, 11) is 3.33. The molecule has 3 aromatic rings. The minimum atomic E-state index is 0.469. The molecule has 0 aliphatic rings. The van der Waals surface area contributed by atoms with Gasteiger partial charge in [0, 0.05) is 22.3 Å². The molecule has 1 N–H and O–H groups in total. The molecule has 0 atom stereocenters. The molecule has 0 heterocycles. The Balaban J connectivity index is 1.77. The summed E-state index contributed by atoms with van der Waals surface area (Å²) < 4.78 is 18.1. The first-order chi connectivity index (χ1) is 14.6. The van der Waals surface area contributed by atoms with E-state index in [1.165, 1.54) is 0 Å². The molecule has 156 valence electrons. The number of benzene rings is 3. The summed E-state index contributed by atoms with van der Waals surface area (Å²) in [6.07, 6.45) is 2.57. The van der Waals surface area contributed by atoms with Crippen molar-refractivity contribution in [2.75, 3.05) is 19.5 Å². The highest BCUT2D eigenvalue weighted by atomic mass is 79.9. The summed E-state index contributed by atoms with van der Waals surface area (Å²) in [6, 6.07) is 20.1. The second kappa shape index (κ2) is 10.7. The summed E-state index contributed by atoms with van der Waals surface area (Å²) in [5, 5.41) is 3.43. The highest BCUT2D eigenvalue weighted by Crippen LogP contribution is 2.34. The maximum absolute atomic E-state index is 6.16. The van der Waals surface area contributed by atoms with Gasteiger partial charge in [-0.1, -0.05) is 34.1 Å². The Morgan fingerprint density at radius 2 is 1.67 bits per heavy atom. The third-order valence-electron chi connectivity index (χ3n) is 4.66.